The van der Waals surface area contributed by atoms with Crippen molar-refractivity contribution in [2.24, 2.45) is 0 Å². The summed E-state index contributed by atoms with van der Waals surface area (Å²) < 4.78 is 0. The van der Waals surface area contributed by atoms with Gasteiger partial charge in [-0.1, -0.05) is 41.9 Å². The SMILES string of the molecule is [B]c1ccccc1Nc1nc(Nc2ccccc2C)c2cc[nH]c2n1. The van der Waals surface area contributed by atoms with E-state index in [1.54, 1.807) is 0 Å². The van der Waals surface area contributed by atoms with Gasteiger partial charge in [0.05, 0.1) is 5.39 Å². The highest BCUT2D eigenvalue weighted by Crippen LogP contribution is 2.26. The van der Waals surface area contributed by atoms with E-state index in [0.717, 1.165) is 33.8 Å². The summed E-state index contributed by atoms with van der Waals surface area (Å²) in [6, 6.07) is 17.6. The molecule has 4 aromatic rings. The lowest BCUT2D eigenvalue weighted by molar-refractivity contribution is 1.19. The first-order valence-electron chi connectivity index (χ1n) is 8.00. The molecule has 0 aliphatic rings. The predicted molar refractivity (Wildman–Crippen MR) is 103 cm³/mol. The number of hydrogen-bond acceptors (Lipinski definition) is 4. The van der Waals surface area contributed by atoms with Gasteiger partial charge in [0.1, 0.15) is 19.3 Å². The molecule has 25 heavy (non-hydrogen) atoms. The fourth-order valence-electron chi connectivity index (χ4n) is 2.66. The second-order valence-corrected chi connectivity index (χ2v) is 5.79. The molecule has 2 heterocycles. The van der Waals surface area contributed by atoms with Crippen LogP contribution in [0.2, 0.25) is 0 Å². The summed E-state index contributed by atoms with van der Waals surface area (Å²) in [4.78, 5) is 12.3. The number of anilines is 4. The Morgan fingerprint density at radius 3 is 2.44 bits per heavy atom. The van der Waals surface area contributed by atoms with Crippen LogP contribution < -0.4 is 16.1 Å². The van der Waals surface area contributed by atoms with Crippen LogP contribution in [0.15, 0.2) is 60.8 Å². The monoisotopic (exact) mass is 325 g/mol. The zero-order valence-corrected chi connectivity index (χ0v) is 13.7. The molecule has 5 nitrogen and oxygen atoms in total. The zero-order valence-electron chi connectivity index (χ0n) is 13.7. The number of para-hydroxylation sites is 2. The van der Waals surface area contributed by atoms with Gasteiger partial charge in [0.15, 0.2) is 0 Å². The molecule has 6 heteroatoms. The van der Waals surface area contributed by atoms with Gasteiger partial charge in [-0.3, -0.25) is 0 Å². The van der Waals surface area contributed by atoms with E-state index in [4.69, 9.17) is 7.85 Å². The smallest absolute Gasteiger partial charge is 0.231 e. The highest BCUT2D eigenvalue weighted by molar-refractivity contribution is 6.35. The third-order valence-electron chi connectivity index (χ3n) is 4.02. The van der Waals surface area contributed by atoms with E-state index in [1.807, 2.05) is 54.7 Å². The summed E-state index contributed by atoms with van der Waals surface area (Å²) in [7, 11) is 6.00. The summed E-state index contributed by atoms with van der Waals surface area (Å²) in [6.45, 7) is 2.06. The van der Waals surface area contributed by atoms with Gasteiger partial charge in [-0.15, -0.1) is 0 Å². The molecule has 120 valence electrons. The first kappa shape index (κ1) is 15.3. The van der Waals surface area contributed by atoms with Crippen LogP contribution in [0.25, 0.3) is 11.0 Å². The van der Waals surface area contributed by atoms with Crippen molar-refractivity contribution in [1.29, 1.82) is 0 Å². The Balaban J connectivity index is 1.75. The number of hydrogen-bond donors (Lipinski definition) is 3. The topological polar surface area (TPSA) is 65.6 Å². The fourth-order valence-corrected chi connectivity index (χ4v) is 2.66. The third kappa shape index (κ3) is 3.06. The number of rotatable bonds is 4. The van der Waals surface area contributed by atoms with Gasteiger partial charge in [0, 0.05) is 17.6 Å². The van der Waals surface area contributed by atoms with Crippen LogP contribution in [0.3, 0.4) is 0 Å². The Morgan fingerprint density at radius 2 is 1.64 bits per heavy atom. The van der Waals surface area contributed by atoms with Crippen molar-refractivity contribution < 1.29 is 0 Å². The first-order valence-corrected chi connectivity index (χ1v) is 8.00. The quantitative estimate of drug-likeness (QED) is 0.502. The molecule has 0 amide bonds. The second kappa shape index (κ2) is 6.32. The van der Waals surface area contributed by atoms with Crippen LogP contribution in [0.1, 0.15) is 5.56 Å². The van der Waals surface area contributed by atoms with Gasteiger partial charge in [0.2, 0.25) is 5.95 Å². The molecule has 4 rings (SSSR count). The molecular weight excluding hydrogens is 309 g/mol. The fraction of sp³-hybridized carbons (Fsp3) is 0.0526. The Kier molecular flexibility index (Phi) is 3.86. The highest BCUT2D eigenvalue weighted by Gasteiger charge is 2.10. The maximum Gasteiger partial charge on any atom is 0.231 e. The molecule has 0 fully saturated rings. The van der Waals surface area contributed by atoms with E-state index < -0.39 is 0 Å². The molecular formula is C19H16BN5. The van der Waals surface area contributed by atoms with E-state index in [1.165, 1.54) is 0 Å². The molecule has 0 bridgehead atoms. The van der Waals surface area contributed by atoms with Crippen LogP contribution in [-0.2, 0) is 0 Å². The minimum atomic E-state index is 0.476. The van der Waals surface area contributed by atoms with Crippen molar-refractivity contribution in [3.05, 3.63) is 66.4 Å². The van der Waals surface area contributed by atoms with E-state index in [-0.39, 0.29) is 0 Å². The number of H-pyrrole nitrogens is 1. The molecule has 0 atom stereocenters. The largest absolute Gasteiger partial charge is 0.346 e. The number of aryl methyl sites for hydroxylation is 1. The standard InChI is InChI=1S/C19H16BN5/c1-12-6-2-4-8-15(12)22-18-13-10-11-21-17(13)24-19(25-18)23-16-9-5-3-7-14(16)20/h2-11H,1H3,(H3,21,22,23,24,25). The molecule has 2 radical (unpaired) electrons. The number of nitrogens with one attached hydrogen (secondary N) is 3. The van der Waals surface area contributed by atoms with Crippen molar-refractivity contribution in [2.45, 2.75) is 6.92 Å². The Labute approximate surface area is 146 Å². The minimum absolute atomic E-state index is 0.476. The van der Waals surface area contributed by atoms with Crippen molar-refractivity contribution >= 4 is 47.5 Å². The molecule has 0 spiro atoms. The molecule has 0 aliphatic carbocycles. The number of nitrogens with zero attached hydrogens (tertiary/aromatic N) is 2. The van der Waals surface area contributed by atoms with E-state index in [9.17, 15) is 0 Å². The lowest BCUT2D eigenvalue weighted by Gasteiger charge is -2.12. The number of aromatic nitrogens is 3. The molecule has 2 aromatic heterocycles. The van der Waals surface area contributed by atoms with Gasteiger partial charge in [-0.05, 0) is 30.7 Å². The van der Waals surface area contributed by atoms with Crippen molar-refractivity contribution in [3.63, 3.8) is 0 Å². The van der Waals surface area contributed by atoms with Crippen LogP contribution >= 0.6 is 0 Å². The lowest BCUT2D eigenvalue weighted by Crippen LogP contribution is -2.11. The molecule has 0 aliphatic heterocycles. The number of fused-ring (bicyclic) bond motifs is 1. The summed E-state index contributed by atoms with van der Waals surface area (Å²) in [5, 5.41) is 7.51. The average molecular weight is 325 g/mol. The summed E-state index contributed by atoms with van der Waals surface area (Å²) in [5.41, 5.74) is 4.32. The van der Waals surface area contributed by atoms with Crippen LogP contribution in [0.4, 0.5) is 23.1 Å². The normalized spacial score (nSPS) is 10.8. The highest BCUT2D eigenvalue weighted by atomic mass is 15.2. The Bertz CT molecular complexity index is 1040. The number of aromatic amines is 1. The Hall–Kier alpha value is -3.28. The Morgan fingerprint density at radius 1 is 0.880 bits per heavy atom. The molecule has 0 saturated carbocycles. The lowest BCUT2D eigenvalue weighted by atomic mass is 9.94. The maximum atomic E-state index is 6.00. The van der Waals surface area contributed by atoms with E-state index in [2.05, 4.69) is 38.6 Å². The van der Waals surface area contributed by atoms with E-state index in [0.29, 0.717) is 11.4 Å². The van der Waals surface area contributed by atoms with Crippen LogP contribution in [0, 0.1) is 6.92 Å². The van der Waals surface area contributed by atoms with Crippen LogP contribution in [0.5, 0.6) is 0 Å². The average Bonchev–Trinajstić information content (AvgIpc) is 3.08. The summed E-state index contributed by atoms with van der Waals surface area (Å²) in [5.74, 6) is 1.21. The van der Waals surface area contributed by atoms with Crippen LogP contribution in [-0.4, -0.2) is 22.8 Å². The molecule has 0 saturated heterocycles. The van der Waals surface area contributed by atoms with Crippen molar-refractivity contribution in [1.82, 2.24) is 15.0 Å². The van der Waals surface area contributed by atoms with Gasteiger partial charge in [-0.2, -0.15) is 9.97 Å². The zero-order chi connectivity index (χ0) is 17.2. The number of benzene rings is 2. The second-order valence-electron chi connectivity index (χ2n) is 5.79. The van der Waals surface area contributed by atoms with Crippen molar-refractivity contribution in [3.8, 4) is 0 Å². The van der Waals surface area contributed by atoms with Crippen molar-refractivity contribution in [2.75, 3.05) is 10.6 Å². The van der Waals surface area contributed by atoms with Gasteiger partial charge in [0.25, 0.3) is 0 Å². The van der Waals surface area contributed by atoms with Gasteiger partial charge >= 0.3 is 0 Å². The maximum absolute atomic E-state index is 6.00. The summed E-state index contributed by atoms with van der Waals surface area (Å²) in [6.07, 6.45) is 1.85. The van der Waals surface area contributed by atoms with E-state index >= 15 is 0 Å². The third-order valence-corrected chi connectivity index (χ3v) is 4.02. The molecule has 3 N–H and O–H groups in total. The summed E-state index contributed by atoms with van der Waals surface area (Å²) >= 11 is 0. The predicted octanol–water partition coefficient (Wildman–Crippen LogP) is 3.55. The molecule has 2 aromatic carbocycles. The van der Waals surface area contributed by atoms with Gasteiger partial charge < -0.3 is 15.6 Å². The van der Waals surface area contributed by atoms with Gasteiger partial charge in [-0.25, -0.2) is 0 Å². The minimum Gasteiger partial charge on any atom is -0.346 e. The molecule has 0 unspecified atom stereocenters. The first-order chi connectivity index (χ1) is 12.2.